The molecule has 0 atom stereocenters. The van der Waals surface area contributed by atoms with Gasteiger partial charge in [-0.3, -0.25) is 9.59 Å². The summed E-state index contributed by atoms with van der Waals surface area (Å²) in [5.41, 5.74) is 1.15. The standard InChI is InChI=1S/C20H27NO4/c1-21-15-14-20(23)25-16-6-4-3-5-7-18(22)11-8-17-9-12-19(24-2)13-10-17/h9-10,12-13H,3-8,11,14-16H2,2H3. The third-order valence-corrected chi connectivity index (χ3v) is 3.89. The van der Waals surface area contributed by atoms with E-state index >= 15 is 0 Å². The molecule has 0 fully saturated rings. The van der Waals surface area contributed by atoms with Gasteiger partial charge in [-0.05, 0) is 37.0 Å². The van der Waals surface area contributed by atoms with Crippen molar-refractivity contribution < 1.29 is 19.1 Å². The molecular weight excluding hydrogens is 318 g/mol. The first-order valence-electron chi connectivity index (χ1n) is 8.79. The molecule has 1 aromatic carbocycles. The van der Waals surface area contributed by atoms with Crippen LogP contribution < -0.4 is 4.74 Å². The molecular formula is C20H27NO4. The number of aryl methyl sites for hydroxylation is 1. The summed E-state index contributed by atoms with van der Waals surface area (Å²) >= 11 is 0. The molecule has 5 nitrogen and oxygen atoms in total. The third kappa shape index (κ3) is 10.2. The number of hydrogen-bond donors (Lipinski definition) is 0. The number of rotatable bonds is 13. The fourth-order valence-electron chi connectivity index (χ4n) is 2.38. The second-order valence-electron chi connectivity index (χ2n) is 5.90. The fraction of sp³-hybridized carbons (Fsp3) is 0.550. The van der Waals surface area contributed by atoms with Gasteiger partial charge >= 0.3 is 5.97 Å². The van der Waals surface area contributed by atoms with Crippen molar-refractivity contribution in [3.8, 4) is 5.75 Å². The number of carbonyl (C=O) groups is 2. The van der Waals surface area contributed by atoms with Crippen LogP contribution >= 0.6 is 0 Å². The number of nitrogens with zero attached hydrogens (tertiary/aromatic N) is 1. The van der Waals surface area contributed by atoms with Gasteiger partial charge in [0.1, 0.15) is 18.0 Å². The number of Topliss-reactive ketones (excluding diaryl/α,β-unsaturated/α-hetero) is 1. The number of ketones is 1. The zero-order valence-electron chi connectivity index (χ0n) is 15.0. The molecule has 0 saturated carbocycles. The lowest BCUT2D eigenvalue weighted by Crippen LogP contribution is -2.06. The lowest BCUT2D eigenvalue weighted by atomic mass is 10.0. The Hall–Kier alpha value is -2.35. The Kier molecular flexibility index (Phi) is 10.8. The summed E-state index contributed by atoms with van der Waals surface area (Å²) < 4.78 is 10.1. The molecule has 136 valence electrons. The van der Waals surface area contributed by atoms with Crippen molar-refractivity contribution in [2.75, 3.05) is 20.3 Å². The lowest BCUT2D eigenvalue weighted by Gasteiger charge is -2.04. The van der Waals surface area contributed by atoms with Crippen LogP contribution in [0.1, 0.15) is 50.5 Å². The molecule has 0 aliphatic heterocycles. The molecule has 0 saturated heterocycles. The van der Waals surface area contributed by atoms with Crippen molar-refractivity contribution in [3.63, 3.8) is 0 Å². The predicted molar refractivity (Wildman–Crippen MR) is 96.5 cm³/mol. The first-order valence-corrected chi connectivity index (χ1v) is 8.79. The number of hydrogen-bond acceptors (Lipinski definition) is 4. The van der Waals surface area contributed by atoms with Gasteiger partial charge in [0.15, 0.2) is 0 Å². The average molecular weight is 345 g/mol. The van der Waals surface area contributed by atoms with Crippen LogP contribution in [0.2, 0.25) is 0 Å². The molecule has 0 radical (unpaired) electrons. The minimum Gasteiger partial charge on any atom is -0.497 e. The van der Waals surface area contributed by atoms with E-state index in [-0.39, 0.29) is 18.9 Å². The second-order valence-corrected chi connectivity index (χ2v) is 5.90. The number of ether oxygens (including phenoxy) is 2. The zero-order chi connectivity index (χ0) is 18.3. The van der Waals surface area contributed by atoms with Gasteiger partial charge in [-0.2, -0.15) is 0 Å². The minimum absolute atomic E-state index is 0.173. The Balaban J connectivity index is 1.99. The molecule has 0 aromatic heterocycles. The van der Waals surface area contributed by atoms with E-state index in [0.717, 1.165) is 43.4 Å². The van der Waals surface area contributed by atoms with Gasteiger partial charge in [0, 0.05) is 12.8 Å². The number of unbranched alkanes of at least 4 members (excludes halogenated alkanes) is 3. The maximum absolute atomic E-state index is 11.9. The Morgan fingerprint density at radius 1 is 1.00 bits per heavy atom. The predicted octanol–water partition coefficient (Wildman–Crippen LogP) is 4.00. The highest BCUT2D eigenvalue weighted by molar-refractivity contribution is 5.78. The monoisotopic (exact) mass is 345 g/mol. The largest absolute Gasteiger partial charge is 0.497 e. The smallest absolute Gasteiger partial charge is 0.313 e. The highest BCUT2D eigenvalue weighted by atomic mass is 16.5. The van der Waals surface area contributed by atoms with Crippen molar-refractivity contribution in [3.05, 3.63) is 41.2 Å². The topological polar surface area (TPSA) is 57.0 Å². The summed E-state index contributed by atoms with van der Waals surface area (Å²) in [4.78, 5) is 26.2. The molecule has 5 heteroatoms. The first-order chi connectivity index (χ1) is 12.2. The van der Waals surface area contributed by atoms with Gasteiger partial charge in [-0.15, -0.1) is 0 Å². The van der Waals surface area contributed by atoms with Crippen molar-refractivity contribution in [1.82, 2.24) is 0 Å². The Morgan fingerprint density at radius 3 is 2.40 bits per heavy atom. The van der Waals surface area contributed by atoms with E-state index in [1.54, 1.807) is 7.11 Å². The Morgan fingerprint density at radius 2 is 1.72 bits per heavy atom. The van der Waals surface area contributed by atoms with E-state index in [1.165, 1.54) is 0 Å². The van der Waals surface area contributed by atoms with Gasteiger partial charge in [0.2, 0.25) is 6.54 Å². The van der Waals surface area contributed by atoms with Gasteiger partial charge in [0.05, 0.1) is 13.7 Å². The molecule has 25 heavy (non-hydrogen) atoms. The van der Waals surface area contributed by atoms with Crippen molar-refractivity contribution in [2.24, 2.45) is 0 Å². The fourth-order valence-corrected chi connectivity index (χ4v) is 2.38. The van der Waals surface area contributed by atoms with E-state index in [0.29, 0.717) is 25.2 Å². The molecule has 0 unspecified atom stereocenters. The van der Waals surface area contributed by atoms with Gasteiger partial charge in [-0.25, -0.2) is 6.57 Å². The molecule has 0 heterocycles. The molecule has 0 N–H and O–H groups in total. The minimum atomic E-state index is -0.301. The van der Waals surface area contributed by atoms with Crippen LogP contribution in [0.5, 0.6) is 5.75 Å². The van der Waals surface area contributed by atoms with E-state index in [4.69, 9.17) is 16.0 Å². The number of esters is 1. The van der Waals surface area contributed by atoms with Gasteiger partial charge in [-0.1, -0.05) is 25.0 Å². The second kappa shape index (κ2) is 13.0. The Labute approximate surface area is 150 Å². The van der Waals surface area contributed by atoms with E-state index < -0.39 is 0 Å². The summed E-state index contributed by atoms with van der Waals surface area (Å²) in [6.07, 6.45) is 5.73. The summed E-state index contributed by atoms with van der Waals surface area (Å²) in [5.74, 6) is 0.818. The normalized spacial score (nSPS) is 10.1. The van der Waals surface area contributed by atoms with Crippen molar-refractivity contribution in [1.29, 1.82) is 0 Å². The van der Waals surface area contributed by atoms with E-state index in [2.05, 4.69) is 4.85 Å². The SMILES string of the molecule is [C-]#[N+]CCC(=O)OCCCCCCC(=O)CCc1ccc(OC)cc1. The quantitative estimate of drug-likeness (QED) is 0.308. The molecule has 0 amide bonds. The summed E-state index contributed by atoms with van der Waals surface area (Å²) in [6, 6.07) is 7.81. The molecule has 0 aliphatic carbocycles. The van der Waals surface area contributed by atoms with Crippen LogP contribution in [0.3, 0.4) is 0 Å². The van der Waals surface area contributed by atoms with Crippen LogP contribution in [0.25, 0.3) is 4.85 Å². The van der Waals surface area contributed by atoms with Crippen LogP contribution in [0.15, 0.2) is 24.3 Å². The summed E-state index contributed by atoms with van der Waals surface area (Å²) in [5, 5.41) is 0. The van der Waals surface area contributed by atoms with Crippen LogP contribution in [0.4, 0.5) is 0 Å². The number of carbonyl (C=O) groups excluding carboxylic acids is 2. The molecule has 1 rings (SSSR count). The van der Waals surface area contributed by atoms with E-state index in [9.17, 15) is 9.59 Å². The van der Waals surface area contributed by atoms with Crippen LogP contribution in [-0.4, -0.2) is 32.0 Å². The van der Waals surface area contributed by atoms with Gasteiger partial charge < -0.3 is 14.3 Å². The summed E-state index contributed by atoms with van der Waals surface area (Å²) in [6.45, 7) is 7.20. The van der Waals surface area contributed by atoms with Crippen molar-refractivity contribution in [2.45, 2.75) is 51.4 Å². The number of benzene rings is 1. The highest BCUT2D eigenvalue weighted by Crippen LogP contribution is 2.13. The average Bonchev–Trinajstić information content (AvgIpc) is 2.64. The maximum Gasteiger partial charge on any atom is 0.313 e. The maximum atomic E-state index is 11.9. The first kappa shape index (κ1) is 20.7. The molecule has 0 aliphatic rings. The van der Waals surface area contributed by atoms with Crippen LogP contribution in [0, 0.1) is 6.57 Å². The molecule has 0 spiro atoms. The summed E-state index contributed by atoms with van der Waals surface area (Å²) in [7, 11) is 1.64. The number of methoxy groups -OCH3 is 1. The molecule has 1 aromatic rings. The highest BCUT2D eigenvalue weighted by Gasteiger charge is 2.05. The van der Waals surface area contributed by atoms with E-state index in [1.807, 2.05) is 24.3 Å². The molecule has 0 bridgehead atoms. The van der Waals surface area contributed by atoms with Crippen molar-refractivity contribution >= 4 is 11.8 Å². The Bertz CT molecular complexity index is 560. The van der Waals surface area contributed by atoms with Gasteiger partial charge in [0.25, 0.3) is 0 Å². The lowest BCUT2D eigenvalue weighted by molar-refractivity contribution is -0.143. The third-order valence-electron chi connectivity index (χ3n) is 3.89. The zero-order valence-corrected chi connectivity index (χ0v) is 15.0. The van der Waals surface area contributed by atoms with Crippen LogP contribution in [-0.2, 0) is 20.7 Å².